The molecule has 1 heterocycles. The Balaban J connectivity index is 1.96. The van der Waals surface area contributed by atoms with Crippen LogP contribution in [0.2, 0.25) is 5.02 Å². The van der Waals surface area contributed by atoms with Crippen molar-refractivity contribution in [3.63, 3.8) is 0 Å². The van der Waals surface area contributed by atoms with E-state index in [2.05, 4.69) is 39.0 Å². The van der Waals surface area contributed by atoms with Gasteiger partial charge in [0.1, 0.15) is 0 Å². The highest BCUT2D eigenvalue weighted by Gasteiger charge is 2.40. The third kappa shape index (κ3) is 4.58. The van der Waals surface area contributed by atoms with Gasteiger partial charge in [0.25, 0.3) is 0 Å². The van der Waals surface area contributed by atoms with Gasteiger partial charge in [-0.25, -0.2) is 0 Å². The maximum Gasteiger partial charge on any atom is 0.305 e. The van der Waals surface area contributed by atoms with Gasteiger partial charge >= 0.3 is 5.97 Å². The number of aliphatic carboxylic acids is 1. The molecule has 1 atom stereocenters. The second-order valence-corrected chi connectivity index (χ2v) is 9.06. The van der Waals surface area contributed by atoms with E-state index in [1.165, 1.54) is 18.4 Å². The number of allylic oxidation sites excluding steroid dienone is 3. The summed E-state index contributed by atoms with van der Waals surface area (Å²) >= 11 is 6.70. The molecule has 1 amide bonds. The summed E-state index contributed by atoms with van der Waals surface area (Å²) in [6.07, 6.45) is 9.01. The van der Waals surface area contributed by atoms with Crippen molar-refractivity contribution in [3.8, 4) is 0 Å². The minimum atomic E-state index is -0.898. The lowest BCUT2D eigenvalue weighted by Crippen LogP contribution is -2.42. The number of nitrogens with zero attached hydrogens (tertiary/aromatic N) is 1. The summed E-state index contributed by atoms with van der Waals surface area (Å²) < 4.78 is 0. The smallest absolute Gasteiger partial charge is 0.305 e. The lowest BCUT2D eigenvalue weighted by atomic mass is 9.68. The van der Waals surface area contributed by atoms with Crippen LogP contribution in [0, 0.1) is 5.92 Å². The molecule has 3 rings (SSSR count). The quantitative estimate of drug-likeness (QED) is 0.638. The number of hydrogen-bond donors (Lipinski definition) is 1. The molecule has 156 valence electrons. The van der Waals surface area contributed by atoms with Crippen LogP contribution >= 0.6 is 11.6 Å². The Morgan fingerprint density at radius 3 is 2.66 bits per heavy atom. The normalized spacial score (nSPS) is 22.5. The van der Waals surface area contributed by atoms with Gasteiger partial charge in [0, 0.05) is 29.6 Å². The fraction of sp³-hybridized carbons (Fsp3) is 0.500. The number of hydrogen-bond acceptors (Lipinski definition) is 2. The van der Waals surface area contributed by atoms with Crippen molar-refractivity contribution in [1.82, 2.24) is 4.90 Å². The van der Waals surface area contributed by atoms with Gasteiger partial charge in [-0.05, 0) is 59.9 Å². The molecule has 0 unspecified atom stereocenters. The molecule has 1 aromatic rings. The molecule has 0 radical (unpaired) electrons. The van der Waals surface area contributed by atoms with E-state index >= 15 is 0 Å². The van der Waals surface area contributed by atoms with Crippen LogP contribution in [0.5, 0.6) is 0 Å². The zero-order valence-electron chi connectivity index (χ0n) is 17.5. The molecule has 0 fully saturated rings. The van der Waals surface area contributed by atoms with E-state index in [1.54, 1.807) is 4.90 Å². The molecule has 0 aromatic heterocycles. The lowest BCUT2D eigenvalue weighted by Gasteiger charge is -2.41. The number of rotatable bonds is 6. The van der Waals surface area contributed by atoms with Crippen LogP contribution in [-0.2, 0) is 15.0 Å². The summed E-state index contributed by atoms with van der Waals surface area (Å²) in [4.78, 5) is 25.3. The summed E-state index contributed by atoms with van der Waals surface area (Å²) in [6.45, 7) is 6.51. The molecule has 0 saturated carbocycles. The van der Waals surface area contributed by atoms with Crippen LogP contribution in [-0.4, -0.2) is 28.4 Å². The number of carboxylic acid groups (broad SMARTS) is 1. The fourth-order valence-corrected chi connectivity index (χ4v) is 4.85. The highest BCUT2D eigenvalue weighted by atomic mass is 35.5. The van der Waals surface area contributed by atoms with Crippen molar-refractivity contribution < 1.29 is 14.7 Å². The highest BCUT2D eigenvalue weighted by Crippen LogP contribution is 2.44. The summed E-state index contributed by atoms with van der Waals surface area (Å²) in [5.74, 6) is -0.724. The molecule has 0 saturated heterocycles. The predicted octanol–water partition coefficient (Wildman–Crippen LogP) is 5.80. The molecule has 2 aliphatic rings. The monoisotopic (exact) mass is 415 g/mol. The Morgan fingerprint density at radius 1 is 1.31 bits per heavy atom. The Kier molecular flexibility index (Phi) is 6.52. The standard InChI is InChI=1S/C24H30ClNO3/c1-16(2)20-15-26(12-11-23(28)29)22(27)14-24(20,3)18-9-10-19(21(25)13-18)17-7-5-4-6-8-17/h7,9-10,13,15-16H,4-6,8,11-12,14H2,1-3H3,(H,28,29)/t24-/m0/s1. The van der Waals surface area contributed by atoms with Gasteiger partial charge in [0.15, 0.2) is 0 Å². The Bertz CT molecular complexity index is 871. The largest absolute Gasteiger partial charge is 0.481 e. The second kappa shape index (κ2) is 8.74. The van der Waals surface area contributed by atoms with Crippen molar-refractivity contribution >= 4 is 29.1 Å². The topological polar surface area (TPSA) is 57.6 Å². The molecule has 1 aliphatic heterocycles. The van der Waals surface area contributed by atoms with E-state index in [0.29, 0.717) is 6.42 Å². The van der Waals surface area contributed by atoms with Crippen molar-refractivity contribution in [2.75, 3.05) is 6.54 Å². The van der Waals surface area contributed by atoms with Crippen LogP contribution < -0.4 is 0 Å². The summed E-state index contributed by atoms with van der Waals surface area (Å²) in [7, 11) is 0. The molecular formula is C24H30ClNO3. The molecule has 1 aliphatic carbocycles. The summed E-state index contributed by atoms with van der Waals surface area (Å²) in [5.41, 5.74) is 4.13. The zero-order chi connectivity index (χ0) is 21.2. The van der Waals surface area contributed by atoms with Crippen molar-refractivity contribution in [1.29, 1.82) is 0 Å². The minimum Gasteiger partial charge on any atom is -0.481 e. The van der Waals surface area contributed by atoms with Crippen molar-refractivity contribution in [2.45, 2.75) is 64.7 Å². The maximum absolute atomic E-state index is 12.8. The van der Waals surface area contributed by atoms with E-state index in [4.69, 9.17) is 16.7 Å². The molecular weight excluding hydrogens is 386 g/mol. The molecule has 1 aromatic carbocycles. The molecule has 4 nitrogen and oxygen atoms in total. The lowest BCUT2D eigenvalue weighted by molar-refractivity contribution is -0.138. The maximum atomic E-state index is 12.8. The number of amides is 1. The van der Waals surface area contributed by atoms with Crippen LogP contribution in [0.15, 0.2) is 36.0 Å². The first kappa shape index (κ1) is 21.6. The third-order valence-corrected chi connectivity index (χ3v) is 6.50. The van der Waals surface area contributed by atoms with E-state index in [0.717, 1.165) is 34.6 Å². The number of benzene rings is 1. The molecule has 5 heteroatoms. The molecule has 29 heavy (non-hydrogen) atoms. The van der Waals surface area contributed by atoms with Crippen LogP contribution in [0.1, 0.15) is 70.4 Å². The fourth-order valence-electron chi connectivity index (χ4n) is 4.55. The van der Waals surface area contributed by atoms with Crippen molar-refractivity contribution in [2.24, 2.45) is 5.92 Å². The zero-order valence-corrected chi connectivity index (χ0v) is 18.3. The first-order valence-corrected chi connectivity index (χ1v) is 10.8. The van der Waals surface area contributed by atoms with Gasteiger partial charge in [0.2, 0.25) is 5.91 Å². The van der Waals surface area contributed by atoms with Gasteiger partial charge < -0.3 is 10.0 Å². The number of carbonyl (C=O) groups excluding carboxylic acids is 1. The van der Waals surface area contributed by atoms with E-state index in [9.17, 15) is 9.59 Å². The van der Waals surface area contributed by atoms with Crippen LogP contribution in [0.25, 0.3) is 5.57 Å². The third-order valence-electron chi connectivity index (χ3n) is 6.19. The van der Waals surface area contributed by atoms with Gasteiger partial charge in [-0.2, -0.15) is 0 Å². The average molecular weight is 416 g/mol. The Morgan fingerprint density at radius 2 is 2.07 bits per heavy atom. The van der Waals surface area contributed by atoms with Crippen LogP contribution in [0.4, 0.5) is 0 Å². The van der Waals surface area contributed by atoms with Crippen molar-refractivity contribution in [3.05, 3.63) is 52.2 Å². The molecule has 0 bridgehead atoms. The summed E-state index contributed by atoms with van der Waals surface area (Å²) in [6, 6.07) is 6.22. The van der Waals surface area contributed by atoms with E-state index < -0.39 is 11.4 Å². The first-order chi connectivity index (χ1) is 13.7. The van der Waals surface area contributed by atoms with Gasteiger partial charge in [-0.3, -0.25) is 9.59 Å². The first-order valence-electron chi connectivity index (χ1n) is 10.5. The molecule has 0 spiro atoms. The minimum absolute atomic E-state index is 0.0478. The van der Waals surface area contributed by atoms with Crippen LogP contribution in [0.3, 0.4) is 0 Å². The number of carboxylic acids is 1. The Labute approximate surface area is 178 Å². The van der Waals surface area contributed by atoms with Gasteiger partial charge in [0.05, 0.1) is 6.42 Å². The number of carbonyl (C=O) groups is 2. The second-order valence-electron chi connectivity index (χ2n) is 8.65. The number of halogens is 1. The van der Waals surface area contributed by atoms with E-state index in [1.807, 2.05) is 12.3 Å². The summed E-state index contributed by atoms with van der Waals surface area (Å²) in [5, 5.41) is 9.71. The molecule has 1 N–H and O–H groups in total. The van der Waals surface area contributed by atoms with Gasteiger partial charge in [-0.1, -0.05) is 50.6 Å². The van der Waals surface area contributed by atoms with E-state index in [-0.39, 0.29) is 24.8 Å². The average Bonchev–Trinajstić information content (AvgIpc) is 2.67. The highest BCUT2D eigenvalue weighted by molar-refractivity contribution is 6.32. The van der Waals surface area contributed by atoms with Gasteiger partial charge in [-0.15, -0.1) is 0 Å². The Hall–Kier alpha value is -2.07. The SMILES string of the molecule is CC(C)C1=CN(CCC(=O)O)C(=O)C[C@@]1(C)c1ccc(C2=CCCCC2)c(Cl)c1. The predicted molar refractivity (Wildman–Crippen MR) is 117 cm³/mol.